The molecule has 0 atom stereocenters. The fraction of sp³-hybridized carbons (Fsp3) is 0.867. The van der Waals surface area contributed by atoms with Crippen molar-refractivity contribution in [2.75, 3.05) is 27.2 Å². The first-order valence-electron chi connectivity index (χ1n) is 7.61. The number of aliphatic imine (C=N–C) groups is 1. The molecule has 0 amide bonds. The number of hydrogen-bond acceptors (Lipinski definition) is 3. The Hall–Kier alpha value is -0.530. The van der Waals surface area contributed by atoms with E-state index in [9.17, 15) is 4.79 Å². The van der Waals surface area contributed by atoms with Crippen LogP contribution in [-0.2, 0) is 9.53 Å². The standard InChI is InChI=1S/C15H31N3O2.HI/c1-13(2)9-7-5-6-8-11-17-15(16-3)18-12-10-14(19)20-4;/h13H,5-12H2,1-4H3,(H2,16,17,18);1H. The maximum Gasteiger partial charge on any atom is 0.307 e. The maximum absolute atomic E-state index is 11.0. The predicted molar refractivity (Wildman–Crippen MR) is 99.3 cm³/mol. The number of hydrogen-bond donors (Lipinski definition) is 2. The summed E-state index contributed by atoms with van der Waals surface area (Å²) in [5, 5.41) is 6.34. The van der Waals surface area contributed by atoms with Crippen LogP contribution in [0, 0.1) is 5.92 Å². The molecule has 0 heterocycles. The van der Waals surface area contributed by atoms with Gasteiger partial charge in [0.2, 0.25) is 0 Å². The monoisotopic (exact) mass is 413 g/mol. The first-order chi connectivity index (χ1) is 9.60. The van der Waals surface area contributed by atoms with Gasteiger partial charge in [-0.25, -0.2) is 0 Å². The highest BCUT2D eigenvalue weighted by Crippen LogP contribution is 2.08. The Balaban J connectivity index is 0. The largest absolute Gasteiger partial charge is 0.469 e. The molecule has 0 radical (unpaired) electrons. The number of halogens is 1. The minimum atomic E-state index is -0.210. The van der Waals surface area contributed by atoms with Crippen LogP contribution in [0.15, 0.2) is 4.99 Å². The zero-order valence-corrected chi connectivity index (χ0v) is 16.2. The molecule has 0 aliphatic carbocycles. The molecule has 0 aliphatic rings. The molecule has 0 aliphatic heterocycles. The smallest absolute Gasteiger partial charge is 0.307 e. The van der Waals surface area contributed by atoms with Gasteiger partial charge in [0.1, 0.15) is 0 Å². The molecule has 5 nitrogen and oxygen atoms in total. The average molecular weight is 413 g/mol. The van der Waals surface area contributed by atoms with E-state index in [2.05, 4.69) is 34.2 Å². The van der Waals surface area contributed by atoms with Gasteiger partial charge in [-0.2, -0.15) is 0 Å². The number of rotatable bonds is 10. The van der Waals surface area contributed by atoms with Crippen LogP contribution < -0.4 is 10.6 Å². The van der Waals surface area contributed by atoms with Crippen molar-refractivity contribution in [3.63, 3.8) is 0 Å². The van der Waals surface area contributed by atoms with Crippen molar-refractivity contribution in [1.82, 2.24) is 10.6 Å². The zero-order valence-electron chi connectivity index (χ0n) is 13.9. The summed E-state index contributed by atoms with van der Waals surface area (Å²) in [7, 11) is 3.13. The van der Waals surface area contributed by atoms with Crippen LogP contribution in [0.4, 0.5) is 0 Å². The minimum Gasteiger partial charge on any atom is -0.469 e. The third kappa shape index (κ3) is 15.7. The first kappa shape index (κ1) is 22.7. The first-order valence-corrected chi connectivity index (χ1v) is 7.61. The lowest BCUT2D eigenvalue weighted by atomic mass is 10.0. The van der Waals surface area contributed by atoms with Gasteiger partial charge in [0.25, 0.3) is 0 Å². The summed E-state index contributed by atoms with van der Waals surface area (Å²) in [4.78, 5) is 15.1. The van der Waals surface area contributed by atoms with E-state index in [0.29, 0.717) is 13.0 Å². The highest BCUT2D eigenvalue weighted by atomic mass is 127. The van der Waals surface area contributed by atoms with Gasteiger partial charge < -0.3 is 15.4 Å². The zero-order chi connectivity index (χ0) is 15.2. The fourth-order valence-corrected chi connectivity index (χ4v) is 1.84. The van der Waals surface area contributed by atoms with Gasteiger partial charge in [-0.3, -0.25) is 9.79 Å². The topological polar surface area (TPSA) is 62.7 Å². The molecule has 0 bridgehead atoms. The van der Waals surface area contributed by atoms with Crippen molar-refractivity contribution >= 4 is 35.9 Å². The fourth-order valence-electron chi connectivity index (χ4n) is 1.84. The quantitative estimate of drug-likeness (QED) is 0.190. The molecule has 0 unspecified atom stereocenters. The van der Waals surface area contributed by atoms with E-state index in [4.69, 9.17) is 0 Å². The number of nitrogens with zero attached hydrogens (tertiary/aromatic N) is 1. The van der Waals surface area contributed by atoms with Crippen LogP contribution >= 0.6 is 24.0 Å². The summed E-state index contributed by atoms with van der Waals surface area (Å²) in [6.45, 7) is 6.00. The van der Waals surface area contributed by atoms with Crippen molar-refractivity contribution < 1.29 is 9.53 Å². The van der Waals surface area contributed by atoms with Crippen LogP contribution in [0.25, 0.3) is 0 Å². The minimum absolute atomic E-state index is 0. The van der Waals surface area contributed by atoms with Crippen molar-refractivity contribution in [3.05, 3.63) is 0 Å². The Kier molecular flexibility index (Phi) is 17.2. The number of unbranched alkanes of at least 4 members (excludes halogenated alkanes) is 3. The summed E-state index contributed by atoms with van der Waals surface area (Å²) < 4.78 is 4.58. The van der Waals surface area contributed by atoms with Crippen molar-refractivity contribution in [3.8, 4) is 0 Å². The third-order valence-corrected chi connectivity index (χ3v) is 3.07. The Morgan fingerprint density at radius 1 is 1.10 bits per heavy atom. The number of esters is 1. The number of ether oxygens (including phenoxy) is 1. The highest BCUT2D eigenvalue weighted by Gasteiger charge is 2.01. The summed E-state index contributed by atoms with van der Waals surface area (Å²) in [6.07, 6.45) is 6.70. The van der Waals surface area contributed by atoms with Crippen LogP contribution in [-0.4, -0.2) is 39.2 Å². The van der Waals surface area contributed by atoms with E-state index in [0.717, 1.165) is 24.8 Å². The van der Waals surface area contributed by atoms with E-state index in [1.165, 1.54) is 32.8 Å². The highest BCUT2D eigenvalue weighted by molar-refractivity contribution is 14.0. The Labute approximate surface area is 146 Å². The molecule has 0 aromatic heterocycles. The molecule has 0 saturated carbocycles. The van der Waals surface area contributed by atoms with Crippen LogP contribution in [0.5, 0.6) is 0 Å². The van der Waals surface area contributed by atoms with E-state index in [1.54, 1.807) is 7.05 Å². The maximum atomic E-state index is 11.0. The second-order valence-electron chi connectivity index (χ2n) is 5.35. The summed E-state index contributed by atoms with van der Waals surface area (Å²) >= 11 is 0. The van der Waals surface area contributed by atoms with E-state index in [1.807, 2.05) is 0 Å². The van der Waals surface area contributed by atoms with Crippen LogP contribution in [0.3, 0.4) is 0 Å². The van der Waals surface area contributed by atoms with Crippen molar-refractivity contribution in [1.29, 1.82) is 0 Å². The third-order valence-electron chi connectivity index (χ3n) is 3.07. The molecule has 0 fully saturated rings. The number of guanidine groups is 1. The normalized spacial score (nSPS) is 11.0. The van der Waals surface area contributed by atoms with Gasteiger partial charge >= 0.3 is 5.97 Å². The van der Waals surface area contributed by atoms with Gasteiger partial charge in [0.05, 0.1) is 13.5 Å². The average Bonchev–Trinajstić information content (AvgIpc) is 2.43. The number of methoxy groups -OCH3 is 1. The molecule has 0 aromatic rings. The lowest BCUT2D eigenvalue weighted by molar-refractivity contribution is -0.140. The molecule has 21 heavy (non-hydrogen) atoms. The van der Waals surface area contributed by atoms with Crippen LogP contribution in [0.2, 0.25) is 0 Å². The van der Waals surface area contributed by atoms with Crippen molar-refractivity contribution in [2.45, 2.75) is 52.4 Å². The SMILES string of the molecule is CN=C(NCCCCCCC(C)C)NCCC(=O)OC.I. The molecule has 2 N–H and O–H groups in total. The van der Waals surface area contributed by atoms with Gasteiger partial charge in [-0.15, -0.1) is 24.0 Å². The van der Waals surface area contributed by atoms with Gasteiger partial charge in [0.15, 0.2) is 5.96 Å². The Morgan fingerprint density at radius 3 is 2.29 bits per heavy atom. The van der Waals surface area contributed by atoms with Crippen molar-refractivity contribution in [2.24, 2.45) is 10.9 Å². The molecular formula is C15H32IN3O2. The van der Waals surface area contributed by atoms with E-state index in [-0.39, 0.29) is 29.9 Å². The molecule has 0 spiro atoms. The molecule has 0 rings (SSSR count). The lowest BCUT2D eigenvalue weighted by Crippen LogP contribution is -2.38. The van der Waals surface area contributed by atoms with Gasteiger partial charge in [-0.1, -0.05) is 39.5 Å². The van der Waals surface area contributed by atoms with Crippen LogP contribution in [0.1, 0.15) is 52.4 Å². The van der Waals surface area contributed by atoms with E-state index >= 15 is 0 Å². The van der Waals surface area contributed by atoms with Gasteiger partial charge in [0, 0.05) is 20.1 Å². The lowest BCUT2D eigenvalue weighted by Gasteiger charge is -2.11. The molecule has 0 saturated heterocycles. The number of carbonyl (C=O) groups excluding carboxylic acids is 1. The molecule has 0 aromatic carbocycles. The Morgan fingerprint density at radius 2 is 1.71 bits per heavy atom. The molecule has 6 heteroatoms. The summed E-state index contributed by atoms with van der Waals surface area (Å²) in [5.74, 6) is 1.35. The van der Waals surface area contributed by atoms with Gasteiger partial charge in [-0.05, 0) is 12.3 Å². The second-order valence-corrected chi connectivity index (χ2v) is 5.35. The molecule has 126 valence electrons. The predicted octanol–water partition coefficient (Wildman–Crippen LogP) is 2.94. The Bertz CT molecular complexity index is 284. The molecular weight excluding hydrogens is 381 g/mol. The van der Waals surface area contributed by atoms with E-state index < -0.39 is 0 Å². The number of nitrogens with one attached hydrogen (secondary N) is 2. The number of carbonyl (C=O) groups is 1. The second kappa shape index (κ2) is 15.9. The summed E-state index contributed by atoms with van der Waals surface area (Å²) in [6, 6.07) is 0. The summed E-state index contributed by atoms with van der Waals surface area (Å²) in [5.41, 5.74) is 0.